The van der Waals surface area contributed by atoms with Gasteiger partial charge in [0.2, 0.25) is 0 Å². The van der Waals surface area contributed by atoms with Crippen LogP contribution in [0.4, 0.5) is 10.1 Å². The van der Waals surface area contributed by atoms with E-state index in [1.807, 2.05) is 0 Å². The largest absolute Gasteiger partial charge is 0.465 e. The summed E-state index contributed by atoms with van der Waals surface area (Å²) in [4.78, 5) is 11.5. The lowest BCUT2D eigenvalue weighted by Crippen LogP contribution is -2.05. The number of anilines is 1. The first-order chi connectivity index (χ1) is 9.51. The van der Waals surface area contributed by atoms with Crippen LogP contribution in [0.15, 0.2) is 40.9 Å². The molecule has 0 aromatic heterocycles. The molecule has 0 atom stereocenters. The molecule has 0 aliphatic heterocycles. The summed E-state index contributed by atoms with van der Waals surface area (Å²) in [6.45, 7) is 0. The number of carbonyl (C=O) groups is 1. The van der Waals surface area contributed by atoms with Crippen LogP contribution in [-0.4, -0.2) is 13.1 Å². The fraction of sp³-hybridized carbons (Fsp3) is 0.0714. The number of hydrogen-bond donors (Lipinski definition) is 1. The van der Waals surface area contributed by atoms with Crippen molar-refractivity contribution in [3.05, 3.63) is 52.3 Å². The van der Waals surface area contributed by atoms with Crippen molar-refractivity contribution in [2.75, 3.05) is 12.8 Å². The van der Waals surface area contributed by atoms with Gasteiger partial charge in [-0.3, -0.25) is 0 Å². The minimum atomic E-state index is -0.548. The van der Waals surface area contributed by atoms with Gasteiger partial charge in [-0.2, -0.15) is 0 Å². The van der Waals surface area contributed by atoms with Crippen LogP contribution in [-0.2, 0) is 4.74 Å². The Labute approximate surface area is 123 Å². The van der Waals surface area contributed by atoms with Crippen molar-refractivity contribution >= 4 is 27.6 Å². The third-order valence-electron chi connectivity index (χ3n) is 2.56. The Morgan fingerprint density at radius 3 is 2.50 bits per heavy atom. The molecule has 0 bridgehead atoms. The van der Waals surface area contributed by atoms with E-state index in [1.54, 1.807) is 12.1 Å². The number of nitrogens with two attached hydrogens (primary N) is 1. The van der Waals surface area contributed by atoms with Gasteiger partial charge in [0.05, 0.1) is 17.1 Å². The van der Waals surface area contributed by atoms with Crippen molar-refractivity contribution < 1.29 is 18.7 Å². The van der Waals surface area contributed by atoms with Crippen LogP contribution in [0.5, 0.6) is 11.5 Å². The molecule has 2 rings (SSSR count). The summed E-state index contributed by atoms with van der Waals surface area (Å²) in [6, 6.07) is 8.87. The Bertz CT molecular complexity index is 661. The van der Waals surface area contributed by atoms with E-state index in [0.29, 0.717) is 21.7 Å². The molecule has 2 aromatic carbocycles. The predicted molar refractivity (Wildman–Crippen MR) is 76.4 cm³/mol. The van der Waals surface area contributed by atoms with Gasteiger partial charge in [0.1, 0.15) is 17.3 Å². The van der Waals surface area contributed by atoms with E-state index in [4.69, 9.17) is 10.5 Å². The fourth-order valence-corrected chi connectivity index (χ4v) is 1.92. The second kappa shape index (κ2) is 5.92. The molecule has 0 saturated carbocycles. The van der Waals surface area contributed by atoms with Crippen LogP contribution < -0.4 is 10.5 Å². The molecule has 6 heteroatoms. The normalized spacial score (nSPS) is 10.2. The monoisotopic (exact) mass is 339 g/mol. The lowest BCUT2D eigenvalue weighted by molar-refractivity contribution is 0.0601. The average molecular weight is 340 g/mol. The van der Waals surface area contributed by atoms with Crippen LogP contribution in [0.3, 0.4) is 0 Å². The molecule has 2 aromatic rings. The van der Waals surface area contributed by atoms with E-state index < -0.39 is 5.97 Å². The molecule has 0 aliphatic rings. The molecule has 4 nitrogen and oxygen atoms in total. The molecule has 0 unspecified atom stereocenters. The number of halogens is 2. The highest BCUT2D eigenvalue weighted by atomic mass is 79.9. The lowest BCUT2D eigenvalue weighted by atomic mass is 10.1. The van der Waals surface area contributed by atoms with E-state index >= 15 is 0 Å². The molecule has 0 aliphatic carbocycles. The number of rotatable bonds is 3. The average Bonchev–Trinajstić information content (AvgIpc) is 2.44. The van der Waals surface area contributed by atoms with E-state index in [2.05, 4.69) is 20.7 Å². The fourth-order valence-electron chi connectivity index (χ4n) is 1.56. The summed E-state index contributed by atoms with van der Waals surface area (Å²) in [6.07, 6.45) is 0. The molecule has 0 amide bonds. The first-order valence-electron chi connectivity index (χ1n) is 5.62. The Morgan fingerprint density at radius 2 is 1.85 bits per heavy atom. The summed E-state index contributed by atoms with van der Waals surface area (Å²) in [5.74, 6) is -0.102. The Hall–Kier alpha value is -2.08. The van der Waals surface area contributed by atoms with Gasteiger partial charge in [-0.05, 0) is 52.3 Å². The van der Waals surface area contributed by atoms with Gasteiger partial charge in [-0.15, -0.1) is 0 Å². The van der Waals surface area contributed by atoms with Crippen LogP contribution >= 0.6 is 15.9 Å². The zero-order valence-electron chi connectivity index (χ0n) is 10.5. The van der Waals surface area contributed by atoms with Crippen LogP contribution in [0, 0.1) is 5.82 Å². The maximum atomic E-state index is 13.1. The minimum absolute atomic E-state index is 0.214. The second-order valence-electron chi connectivity index (χ2n) is 3.92. The third kappa shape index (κ3) is 3.08. The number of nitrogen functional groups attached to an aromatic ring is 1. The van der Waals surface area contributed by atoms with Crippen molar-refractivity contribution in [1.29, 1.82) is 0 Å². The Balaban J connectivity index is 2.29. The molecule has 0 heterocycles. The second-order valence-corrected chi connectivity index (χ2v) is 4.77. The van der Waals surface area contributed by atoms with Crippen molar-refractivity contribution in [1.82, 2.24) is 0 Å². The summed E-state index contributed by atoms with van der Waals surface area (Å²) in [7, 11) is 1.27. The predicted octanol–water partition coefficient (Wildman–Crippen LogP) is 3.75. The number of benzene rings is 2. The lowest BCUT2D eigenvalue weighted by Gasteiger charge is -2.09. The number of hydrogen-bond acceptors (Lipinski definition) is 4. The number of methoxy groups -OCH3 is 1. The molecular weight excluding hydrogens is 329 g/mol. The molecule has 104 valence electrons. The van der Waals surface area contributed by atoms with Gasteiger partial charge >= 0.3 is 5.97 Å². The molecule has 2 N–H and O–H groups in total. The standard InChI is InChI=1S/C14H11BrFNO3/c1-19-14(18)10-6-8(3-5-13(10)17)20-9-2-4-12(16)11(15)7-9/h2-7H,17H2,1H3. The molecule has 0 spiro atoms. The number of ether oxygens (including phenoxy) is 2. The summed E-state index contributed by atoms with van der Waals surface area (Å²) >= 11 is 3.07. The zero-order chi connectivity index (χ0) is 14.7. The topological polar surface area (TPSA) is 61.5 Å². The van der Waals surface area contributed by atoms with Gasteiger partial charge in [0.25, 0.3) is 0 Å². The highest BCUT2D eigenvalue weighted by Crippen LogP contribution is 2.28. The summed E-state index contributed by atoms with van der Waals surface area (Å²) in [5.41, 5.74) is 6.20. The highest BCUT2D eigenvalue weighted by molar-refractivity contribution is 9.10. The van der Waals surface area contributed by atoms with E-state index in [-0.39, 0.29) is 11.4 Å². The molecule has 0 fully saturated rings. The first kappa shape index (κ1) is 14.3. The number of carbonyl (C=O) groups excluding carboxylic acids is 1. The maximum absolute atomic E-state index is 13.1. The van der Waals surface area contributed by atoms with Gasteiger partial charge < -0.3 is 15.2 Å². The molecular formula is C14H11BrFNO3. The molecule has 20 heavy (non-hydrogen) atoms. The number of esters is 1. The maximum Gasteiger partial charge on any atom is 0.340 e. The van der Waals surface area contributed by atoms with Crippen molar-refractivity contribution in [3.8, 4) is 11.5 Å². The molecule has 0 radical (unpaired) electrons. The van der Waals surface area contributed by atoms with Crippen LogP contribution in [0.25, 0.3) is 0 Å². The first-order valence-corrected chi connectivity index (χ1v) is 6.41. The van der Waals surface area contributed by atoms with Crippen LogP contribution in [0.1, 0.15) is 10.4 Å². The third-order valence-corrected chi connectivity index (χ3v) is 3.16. The highest BCUT2D eigenvalue weighted by Gasteiger charge is 2.12. The smallest absolute Gasteiger partial charge is 0.340 e. The van der Waals surface area contributed by atoms with Crippen molar-refractivity contribution in [2.24, 2.45) is 0 Å². The van der Waals surface area contributed by atoms with Crippen molar-refractivity contribution in [3.63, 3.8) is 0 Å². The zero-order valence-corrected chi connectivity index (χ0v) is 12.1. The summed E-state index contributed by atoms with van der Waals surface area (Å²) in [5, 5.41) is 0. The van der Waals surface area contributed by atoms with E-state index in [0.717, 1.165) is 0 Å². The van der Waals surface area contributed by atoms with Crippen LogP contribution in [0.2, 0.25) is 0 Å². The Kier molecular flexibility index (Phi) is 4.24. The van der Waals surface area contributed by atoms with E-state index in [1.165, 1.54) is 31.4 Å². The minimum Gasteiger partial charge on any atom is -0.465 e. The van der Waals surface area contributed by atoms with E-state index in [9.17, 15) is 9.18 Å². The van der Waals surface area contributed by atoms with Gasteiger partial charge in [-0.25, -0.2) is 9.18 Å². The quantitative estimate of drug-likeness (QED) is 0.683. The van der Waals surface area contributed by atoms with Crippen molar-refractivity contribution in [2.45, 2.75) is 0 Å². The van der Waals surface area contributed by atoms with Gasteiger partial charge in [-0.1, -0.05) is 0 Å². The summed E-state index contributed by atoms with van der Waals surface area (Å²) < 4.78 is 23.6. The van der Waals surface area contributed by atoms with Gasteiger partial charge in [0.15, 0.2) is 0 Å². The SMILES string of the molecule is COC(=O)c1cc(Oc2ccc(F)c(Br)c2)ccc1N. The molecule has 0 saturated heterocycles. The van der Waals surface area contributed by atoms with Gasteiger partial charge in [0, 0.05) is 5.69 Å². The Morgan fingerprint density at radius 1 is 1.20 bits per heavy atom.